The summed E-state index contributed by atoms with van der Waals surface area (Å²) in [4.78, 5) is 14.4. The molecule has 23 heavy (non-hydrogen) atoms. The number of hydrogen-bond acceptors (Lipinski definition) is 3. The topological polar surface area (TPSA) is 54.5 Å². The van der Waals surface area contributed by atoms with Crippen LogP contribution in [-0.4, -0.2) is 26.6 Å². The van der Waals surface area contributed by atoms with Crippen LogP contribution in [0.3, 0.4) is 0 Å². The summed E-state index contributed by atoms with van der Waals surface area (Å²) in [5.74, 6) is -0.338. The molecule has 5 heteroatoms. The van der Waals surface area contributed by atoms with Gasteiger partial charge < -0.3 is 4.90 Å². The molecule has 0 N–H and O–H groups in total. The number of carbonyl (C=O) groups excluding carboxylic acids is 1. The zero-order chi connectivity index (χ0) is 17.2. The molecule has 0 fully saturated rings. The zero-order valence-corrected chi connectivity index (χ0v) is 14.6. The molecular formula is C18H21NO3S. The Labute approximate surface area is 137 Å². The molecule has 122 valence electrons. The summed E-state index contributed by atoms with van der Waals surface area (Å²) in [6.07, 6.45) is 0. The minimum Gasteiger partial charge on any atom is -0.311 e. The van der Waals surface area contributed by atoms with Crippen molar-refractivity contribution in [1.82, 2.24) is 0 Å². The van der Waals surface area contributed by atoms with E-state index in [9.17, 15) is 13.2 Å². The Bertz CT molecular complexity index is 826. The Morgan fingerprint density at radius 2 is 1.70 bits per heavy atom. The van der Waals surface area contributed by atoms with E-state index in [2.05, 4.69) is 0 Å². The van der Waals surface area contributed by atoms with Crippen LogP contribution in [0.15, 0.2) is 53.4 Å². The molecule has 2 rings (SSSR count). The minimum absolute atomic E-state index is 0.0829. The number of aryl methyl sites for hydroxylation is 1. The quantitative estimate of drug-likeness (QED) is 0.862. The van der Waals surface area contributed by atoms with Crippen LogP contribution >= 0.6 is 0 Å². The molecule has 0 saturated heterocycles. The lowest BCUT2D eigenvalue weighted by molar-refractivity contribution is 0.0990. The fourth-order valence-corrected chi connectivity index (χ4v) is 3.52. The molecule has 0 unspecified atom stereocenters. The van der Waals surface area contributed by atoms with Gasteiger partial charge in [-0.3, -0.25) is 4.79 Å². The molecule has 0 heterocycles. The standard InChI is InChI=1S/C18H21NO3S/c1-13(2)23(21,22)17-11-6-5-10-16(17)18(20)19(4)15-9-7-8-14(3)12-15/h5-13H,1-4H3. The average molecular weight is 331 g/mol. The lowest BCUT2D eigenvalue weighted by atomic mass is 10.1. The summed E-state index contributed by atoms with van der Waals surface area (Å²) < 4.78 is 25.0. The van der Waals surface area contributed by atoms with Crippen molar-refractivity contribution in [3.05, 3.63) is 59.7 Å². The van der Waals surface area contributed by atoms with Crippen molar-refractivity contribution in [3.8, 4) is 0 Å². The highest BCUT2D eigenvalue weighted by Crippen LogP contribution is 2.24. The molecular weight excluding hydrogens is 310 g/mol. The summed E-state index contributed by atoms with van der Waals surface area (Å²) in [6.45, 7) is 5.17. The monoisotopic (exact) mass is 331 g/mol. The fourth-order valence-electron chi connectivity index (χ4n) is 2.28. The van der Waals surface area contributed by atoms with E-state index in [1.165, 1.54) is 11.0 Å². The van der Waals surface area contributed by atoms with E-state index < -0.39 is 15.1 Å². The number of rotatable bonds is 4. The maximum absolute atomic E-state index is 12.8. The highest BCUT2D eigenvalue weighted by atomic mass is 32.2. The van der Waals surface area contributed by atoms with Crippen LogP contribution in [0, 0.1) is 6.92 Å². The van der Waals surface area contributed by atoms with Crippen molar-refractivity contribution in [2.45, 2.75) is 30.9 Å². The number of benzene rings is 2. The summed E-state index contributed by atoms with van der Waals surface area (Å²) >= 11 is 0. The van der Waals surface area contributed by atoms with Gasteiger partial charge in [-0.05, 0) is 50.6 Å². The highest BCUT2D eigenvalue weighted by molar-refractivity contribution is 7.92. The van der Waals surface area contributed by atoms with Crippen molar-refractivity contribution in [3.63, 3.8) is 0 Å². The molecule has 0 aliphatic rings. The summed E-state index contributed by atoms with van der Waals surface area (Å²) in [5.41, 5.74) is 1.96. The molecule has 0 radical (unpaired) electrons. The first-order chi connectivity index (χ1) is 10.7. The molecule has 0 aliphatic carbocycles. The number of nitrogens with zero attached hydrogens (tertiary/aromatic N) is 1. The van der Waals surface area contributed by atoms with Crippen molar-refractivity contribution in [2.24, 2.45) is 0 Å². The number of carbonyl (C=O) groups is 1. The maximum atomic E-state index is 12.8. The van der Waals surface area contributed by atoms with E-state index in [-0.39, 0.29) is 16.4 Å². The molecule has 0 atom stereocenters. The van der Waals surface area contributed by atoms with Crippen molar-refractivity contribution in [2.75, 3.05) is 11.9 Å². The van der Waals surface area contributed by atoms with Gasteiger partial charge >= 0.3 is 0 Å². The molecule has 0 aliphatic heterocycles. The van der Waals surface area contributed by atoms with Crippen LogP contribution in [0.2, 0.25) is 0 Å². The number of amides is 1. The van der Waals surface area contributed by atoms with Gasteiger partial charge in [0.2, 0.25) is 0 Å². The van der Waals surface area contributed by atoms with E-state index in [4.69, 9.17) is 0 Å². The SMILES string of the molecule is Cc1cccc(N(C)C(=O)c2ccccc2S(=O)(=O)C(C)C)c1. The van der Waals surface area contributed by atoms with E-state index in [1.807, 2.05) is 31.2 Å². The van der Waals surface area contributed by atoms with Gasteiger partial charge in [-0.25, -0.2) is 8.42 Å². The largest absolute Gasteiger partial charge is 0.311 e. The summed E-state index contributed by atoms with van der Waals surface area (Å²) in [5, 5.41) is -0.583. The highest BCUT2D eigenvalue weighted by Gasteiger charge is 2.26. The van der Waals surface area contributed by atoms with Crippen molar-refractivity contribution in [1.29, 1.82) is 0 Å². The van der Waals surface area contributed by atoms with E-state index in [0.717, 1.165) is 11.3 Å². The Balaban J connectivity index is 2.49. The predicted octanol–water partition coefficient (Wildman–Crippen LogP) is 3.45. The van der Waals surface area contributed by atoms with Crippen LogP contribution in [0.4, 0.5) is 5.69 Å². The van der Waals surface area contributed by atoms with Crippen molar-refractivity contribution < 1.29 is 13.2 Å². The fraction of sp³-hybridized carbons (Fsp3) is 0.278. The number of anilines is 1. The van der Waals surface area contributed by atoms with Crippen LogP contribution in [-0.2, 0) is 9.84 Å². The molecule has 0 saturated carbocycles. The smallest absolute Gasteiger partial charge is 0.259 e. The van der Waals surface area contributed by atoms with E-state index >= 15 is 0 Å². The van der Waals surface area contributed by atoms with E-state index in [0.29, 0.717) is 0 Å². The first kappa shape index (κ1) is 17.2. The van der Waals surface area contributed by atoms with Gasteiger partial charge in [-0.1, -0.05) is 24.3 Å². The van der Waals surface area contributed by atoms with Crippen LogP contribution in [0.5, 0.6) is 0 Å². The predicted molar refractivity (Wildman–Crippen MR) is 92.7 cm³/mol. The number of hydrogen-bond donors (Lipinski definition) is 0. The molecule has 0 bridgehead atoms. The number of sulfone groups is 1. The van der Waals surface area contributed by atoms with Gasteiger partial charge in [0.05, 0.1) is 15.7 Å². The third-order valence-electron chi connectivity index (χ3n) is 3.74. The summed E-state index contributed by atoms with van der Waals surface area (Å²) in [7, 11) is -1.88. The van der Waals surface area contributed by atoms with Gasteiger partial charge in [-0.2, -0.15) is 0 Å². The molecule has 2 aromatic rings. The third-order valence-corrected chi connectivity index (χ3v) is 5.95. The third kappa shape index (κ3) is 3.45. The Kier molecular flexibility index (Phi) is 4.90. The van der Waals surface area contributed by atoms with Gasteiger partial charge in [0.1, 0.15) is 0 Å². The Hall–Kier alpha value is -2.14. The lowest BCUT2D eigenvalue weighted by Crippen LogP contribution is -2.28. The van der Waals surface area contributed by atoms with E-state index in [1.54, 1.807) is 39.1 Å². The second-order valence-corrected chi connectivity index (χ2v) is 8.27. The second-order valence-electron chi connectivity index (χ2n) is 5.79. The molecule has 0 aromatic heterocycles. The van der Waals surface area contributed by atoms with Crippen LogP contribution in [0.25, 0.3) is 0 Å². The average Bonchev–Trinajstić information content (AvgIpc) is 2.53. The van der Waals surface area contributed by atoms with Gasteiger partial charge in [0.15, 0.2) is 9.84 Å². The zero-order valence-electron chi connectivity index (χ0n) is 13.8. The minimum atomic E-state index is -3.52. The van der Waals surface area contributed by atoms with Gasteiger partial charge in [0.25, 0.3) is 5.91 Å². The first-order valence-electron chi connectivity index (χ1n) is 7.43. The molecule has 0 spiro atoms. The van der Waals surface area contributed by atoms with Crippen molar-refractivity contribution >= 4 is 21.4 Å². The molecule has 2 aromatic carbocycles. The van der Waals surface area contributed by atoms with Gasteiger partial charge in [-0.15, -0.1) is 0 Å². The normalized spacial score (nSPS) is 11.5. The maximum Gasteiger partial charge on any atom is 0.259 e. The lowest BCUT2D eigenvalue weighted by Gasteiger charge is -2.20. The summed E-state index contributed by atoms with van der Waals surface area (Å²) in [6, 6.07) is 13.9. The second kappa shape index (κ2) is 6.54. The van der Waals surface area contributed by atoms with Crippen LogP contribution < -0.4 is 4.90 Å². The van der Waals surface area contributed by atoms with Crippen LogP contribution in [0.1, 0.15) is 29.8 Å². The van der Waals surface area contributed by atoms with Gasteiger partial charge in [0, 0.05) is 12.7 Å². The first-order valence-corrected chi connectivity index (χ1v) is 8.97. The molecule has 1 amide bonds. The Morgan fingerprint density at radius 3 is 2.30 bits per heavy atom. The molecule has 4 nitrogen and oxygen atoms in total. The Morgan fingerprint density at radius 1 is 1.04 bits per heavy atom.